The summed E-state index contributed by atoms with van der Waals surface area (Å²) in [7, 11) is 0. The highest BCUT2D eigenvalue weighted by Gasteiger charge is 2.29. The maximum Gasteiger partial charge on any atom is 0.376 e. The van der Waals surface area contributed by atoms with Crippen molar-refractivity contribution in [2.45, 2.75) is 13.3 Å². The summed E-state index contributed by atoms with van der Waals surface area (Å²) >= 11 is 0. The predicted molar refractivity (Wildman–Crippen MR) is 62.8 cm³/mol. The number of halogens is 4. The number of aromatic nitrogens is 1. The molecule has 0 saturated carbocycles. The van der Waals surface area contributed by atoms with E-state index in [1.54, 1.807) is 0 Å². The summed E-state index contributed by atoms with van der Waals surface area (Å²) in [6.45, 7) is 1.39. The summed E-state index contributed by atoms with van der Waals surface area (Å²) in [4.78, 5) is 14.8. The highest BCUT2D eigenvalue weighted by atomic mass is 19.3. The third kappa shape index (κ3) is 2.88. The molecule has 0 atom stereocenters. The lowest BCUT2D eigenvalue weighted by atomic mass is 10.2. The van der Waals surface area contributed by atoms with Gasteiger partial charge in [-0.2, -0.15) is 0 Å². The van der Waals surface area contributed by atoms with E-state index in [0.717, 1.165) is 18.2 Å². The third-order valence-electron chi connectivity index (χ3n) is 2.50. The van der Waals surface area contributed by atoms with Gasteiger partial charge in [0.15, 0.2) is 5.69 Å². The van der Waals surface area contributed by atoms with E-state index in [1.165, 1.54) is 6.92 Å². The molecule has 2 rings (SSSR count). The highest BCUT2D eigenvalue weighted by Crippen LogP contribution is 2.31. The van der Waals surface area contributed by atoms with Gasteiger partial charge in [-0.25, -0.2) is 27.3 Å². The molecule has 0 spiro atoms. The molecule has 2 aromatic rings. The molecule has 0 fully saturated rings. The largest absolute Gasteiger partial charge is 0.460 e. The van der Waals surface area contributed by atoms with Gasteiger partial charge in [0.25, 0.3) is 6.43 Å². The molecule has 1 heterocycles. The van der Waals surface area contributed by atoms with Crippen LogP contribution in [-0.2, 0) is 4.74 Å². The van der Waals surface area contributed by atoms with Crippen LogP contribution in [0.3, 0.4) is 0 Å². The fraction of sp³-hybridized carbons (Fsp3) is 0.231. The van der Waals surface area contributed by atoms with Crippen molar-refractivity contribution in [1.82, 2.24) is 4.98 Å². The smallest absolute Gasteiger partial charge is 0.376 e. The predicted octanol–water partition coefficient (Wildman–Crippen LogP) is 3.73. The van der Waals surface area contributed by atoms with Crippen molar-refractivity contribution in [1.29, 1.82) is 0 Å². The minimum absolute atomic E-state index is 0.0778. The molecule has 4 nitrogen and oxygen atoms in total. The van der Waals surface area contributed by atoms with E-state index in [0.29, 0.717) is 0 Å². The van der Waals surface area contributed by atoms with E-state index in [9.17, 15) is 22.4 Å². The molecular formula is C13H9F4NO3. The molecule has 0 aliphatic carbocycles. The van der Waals surface area contributed by atoms with Crippen LogP contribution in [0, 0.1) is 11.6 Å². The summed E-state index contributed by atoms with van der Waals surface area (Å²) in [5, 5.41) is 0. The Balaban J connectivity index is 2.57. The third-order valence-corrected chi connectivity index (χ3v) is 2.50. The zero-order chi connectivity index (χ0) is 15.6. The summed E-state index contributed by atoms with van der Waals surface area (Å²) in [5.41, 5.74) is -1.75. The van der Waals surface area contributed by atoms with Crippen molar-refractivity contribution in [2.75, 3.05) is 6.61 Å². The highest BCUT2D eigenvalue weighted by molar-refractivity contribution is 5.88. The van der Waals surface area contributed by atoms with Crippen molar-refractivity contribution in [3.63, 3.8) is 0 Å². The minimum Gasteiger partial charge on any atom is -0.460 e. The van der Waals surface area contributed by atoms with Crippen molar-refractivity contribution in [2.24, 2.45) is 0 Å². The average Bonchev–Trinajstić information content (AvgIpc) is 2.84. The Hall–Kier alpha value is -2.38. The van der Waals surface area contributed by atoms with Crippen molar-refractivity contribution in [3.8, 4) is 11.5 Å². The second-order valence-corrected chi connectivity index (χ2v) is 3.85. The topological polar surface area (TPSA) is 52.3 Å². The lowest BCUT2D eigenvalue weighted by Crippen LogP contribution is -2.06. The first-order valence-electron chi connectivity index (χ1n) is 5.86. The number of hydrogen-bond acceptors (Lipinski definition) is 4. The fourth-order valence-electron chi connectivity index (χ4n) is 1.63. The maximum absolute atomic E-state index is 13.6. The first kappa shape index (κ1) is 15.0. The molecule has 8 heteroatoms. The van der Waals surface area contributed by atoms with Gasteiger partial charge in [0.1, 0.15) is 17.2 Å². The van der Waals surface area contributed by atoms with Gasteiger partial charge in [0.2, 0.25) is 11.7 Å². The standard InChI is InChI=1S/C13H9F4NO3/c1-2-20-13(19)10-9(11(16)17)18-12(21-10)8-6(14)4-3-5-7(8)15/h3-5,11H,2H2,1H3. The molecule has 0 saturated heterocycles. The Morgan fingerprint density at radius 3 is 2.48 bits per heavy atom. The average molecular weight is 303 g/mol. The van der Waals surface area contributed by atoms with Crippen molar-refractivity contribution < 1.29 is 31.5 Å². The van der Waals surface area contributed by atoms with Crippen LogP contribution in [0.1, 0.15) is 29.6 Å². The fourth-order valence-corrected chi connectivity index (χ4v) is 1.63. The number of oxazole rings is 1. The number of carbonyl (C=O) groups is 1. The number of carbonyl (C=O) groups excluding carboxylic acids is 1. The SMILES string of the molecule is CCOC(=O)c1oc(-c2c(F)cccc2F)nc1C(F)F. The summed E-state index contributed by atoms with van der Waals surface area (Å²) in [6, 6.07) is 2.92. The molecule has 1 aromatic heterocycles. The van der Waals surface area contributed by atoms with Crippen LogP contribution >= 0.6 is 0 Å². The molecule has 0 aliphatic rings. The van der Waals surface area contributed by atoms with Crippen LogP contribution in [-0.4, -0.2) is 17.6 Å². The first-order valence-corrected chi connectivity index (χ1v) is 5.86. The molecule has 0 N–H and O–H groups in total. The first-order chi connectivity index (χ1) is 9.95. The number of hydrogen-bond donors (Lipinski definition) is 0. The Morgan fingerprint density at radius 1 is 1.33 bits per heavy atom. The van der Waals surface area contributed by atoms with Crippen LogP contribution in [0.2, 0.25) is 0 Å². The Morgan fingerprint density at radius 2 is 1.95 bits per heavy atom. The molecule has 0 aliphatic heterocycles. The molecule has 0 radical (unpaired) electrons. The zero-order valence-corrected chi connectivity index (χ0v) is 10.7. The van der Waals surface area contributed by atoms with Crippen LogP contribution < -0.4 is 0 Å². The van der Waals surface area contributed by atoms with E-state index < -0.39 is 46.9 Å². The molecule has 112 valence electrons. The minimum atomic E-state index is -3.16. The molecule has 0 bridgehead atoms. The summed E-state index contributed by atoms with van der Waals surface area (Å²) in [5.74, 6) is -4.89. The number of rotatable bonds is 4. The number of nitrogens with zero attached hydrogens (tertiary/aromatic N) is 1. The molecule has 0 amide bonds. The van der Waals surface area contributed by atoms with E-state index in [1.807, 2.05) is 0 Å². The van der Waals surface area contributed by atoms with Gasteiger partial charge in [-0.05, 0) is 19.1 Å². The molecule has 1 aromatic carbocycles. The van der Waals surface area contributed by atoms with Crippen LogP contribution in [0.4, 0.5) is 17.6 Å². The van der Waals surface area contributed by atoms with E-state index in [-0.39, 0.29) is 6.61 Å². The van der Waals surface area contributed by atoms with E-state index in [2.05, 4.69) is 9.72 Å². The molecule has 21 heavy (non-hydrogen) atoms. The van der Waals surface area contributed by atoms with Crippen LogP contribution in [0.25, 0.3) is 11.5 Å². The maximum atomic E-state index is 13.6. The van der Waals surface area contributed by atoms with Gasteiger partial charge in [-0.3, -0.25) is 0 Å². The Labute approximate surface area is 116 Å². The lowest BCUT2D eigenvalue weighted by molar-refractivity contribution is 0.0476. The number of ether oxygens (including phenoxy) is 1. The van der Waals surface area contributed by atoms with Crippen LogP contribution in [0.5, 0.6) is 0 Å². The van der Waals surface area contributed by atoms with Crippen molar-refractivity contribution >= 4 is 5.97 Å². The normalized spacial score (nSPS) is 11.0. The lowest BCUT2D eigenvalue weighted by Gasteiger charge is -2.00. The Bertz CT molecular complexity index is 649. The molecule has 0 unspecified atom stereocenters. The van der Waals surface area contributed by atoms with Gasteiger partial charge in [-0.1, -0.05) is 6.07 Å². The van der Waals surface area contributed by atoms with Gasteiger partial charge >= 0.3 is 5.97 Å². The second-order valence-electron chi connectivity index (χ2n) is 3.85. The van der Waals surface area contributed by atoms with Crippen LogP contribution in [0.15, 0.2) is 22.6 Å². The summed E-state index contributed by atoms with van der Waals surface area (Å²) < 4.78 is 62.2. The number of benzene rings is 1. The van der Waals surface area contributed by atoms with E-state index >= 15 is 0 Å². The number of esters is 1. The van der Waals surface area contributed by atoms with Gasteiger partial charge in [0, 0.05) is 0 Å². The quantitative estimate of drug-likeness (QED) is 0.638. The van der Waals surface area contributed by atoms with Gasteiger partial charge in [-0.15, -0.1) is 0 Å². The summed E-state index contributed by atoms with van der Waals surface area (Å²) in [6.07, 6.45) is -3.16. The van der Waals surface area contributed by atoms with Gasteiger partial charge in [0.05, 0.1) is 6.61 Å². The Kier molecular flexibility index (Phi) is 4.25. The van der Waals surface area contributed by atoms with E-state index in [4.69, 9.17) is 4.42 Å². The van der Waals surface area contributed by atoms with Gasteiger partial charge < -0.3 is 9.15 Å². The second kappa shape index (κ2) is 5.94. The molecular weight excluding hydrogens is 294 g/mol. The van der Waals surface area contributed by atoms with Crippen molar-refractivity contribution in [3.05, 3.63) is 41.3 Å². The zero-order valence-electron chi connectivity index (χ0n) is 10.7. The number of alkyl halides is 2. The monoisotopic (exact) mass is 303 g/mol.